The fourth-order valence-corrected chi connectivity index (χ4v) is 4.00. The van der Waals surface area contributed by atoms with Crippen molar-refractivity contribution in [3.63, 3.8) is 0 Å². The van der Waals surface area contributed by atoms with Gasteiger partial charge in [-0.1, -0.05) is 37.6 Å². The van der Waals surface area contributed by atoms with Crippen molar-refractivity contribution in [1.82, 2.24) is 14.8 Å². The summed E-state index contributed by atoms with van der Waals surface area (Å²) in [7, 11) is 0. The van der Waals surface area contributed by atoms with Gasteiger partial charge in [0.15, 0.2) is 0 Å². The molecule has 0 unspecified atom stereocenters. The van der Waals surface area contributed by atoms with E-state index in [1.807, 2.05) is 54.2 Å². The Hall–Kier alpha value is -3.94. The monoisotopic (exact) mass is 487 g/mol. The predicted octanol–water partition coefficient (Wildman–Crippen LogP) is 5.44. The Bertz CT molecular complexity index is 1310. The van der Waals surface area contributed by atoms with Crippen LogP contribution in [0.15, 0.2) is 54.9 Å². The average Bonchev–Trinajstić information content (AvgIpc) is 3.39. The first-order valence-electron chi connectivity index (χ1n) is 12.5. The molecule has 1 aromatic carbocycles. The molecule has 1 aliphatic heterocycles. The molecule has 8 nitrogen and oxygen atoms in total. The van der Waals surface area contributed by atoms with Crippen LogP contribution in [0.3, 0.4) is 0 Å². The van der Waals surface area contributed by atoms with Gasteiger partial charge in [-0.3, -0.25) is 14.3 Å². The molecule has 0 radical (unpaired) electrons. The van der Waals surface area contributed by atoms with Crippen molar-refractivity contribution in [3.05, 3.63) is 60.4 Å². The summed E-state index contributed by atoms with van der Waals surface area (Å²) in [5.41, 5.74) is 5.37. The van der Waals surface area contributed by atoms with Gasteiger partial charge >= 0.3 is 5.97 Å². The topological polar surface area (TPSA) is 98.1 Å². The van der Waals surface area contributed by atoms with Crippen molar-refractivity contribution < 1.29 is 14.3 Å². The van der Waals surface area contributed by atoms with E-state index in [0.29, 0.717) is 18.3 Å². The van der Waals surface area contributed by atoms with E-state index >= 15 is 0 Å². The summed E-state index contributed by atoms with van der Waals surface area (Å²) >= 11 is 0. The Kier molecular flexibility index (Phi) is 8.15. The Labute approximate surface area is 211 Å². The van der Waals surface area contributed by atoms with Gasteiger partial charge in [-0.2, -0.15) is 5.10 Å². The highest BCUT2D eigenvalue weighted by Crippen LogP contribution is 2.35. The van der Waals surface area contributed by atoms with Gasteiger partial charge in [0.05, 0.1) is 29.7 Å². The molecular formula is C28H33N5O3. The molecule has 2 aromatic rings. The summed E-state index contributed by atoms with van der Waals surface area (Å²) < 4.78 is 7.05. The number of esters is 1. The van der Waals surface area contributed by atoms with Crippen molar-refractivity contribution in [2.24, 2.45) is 0 Å². The number of fused-ring (bicyclic) bond motifs is 3. The van der Waals surface area contributed by atoms with Gasteiger partial charge in [-0.05, 0) is 50.5 Å². The van der Waals surface area contributed by atoms with Crippen LogP contribution in [-0.4, -0.2) is 39.8 Å². The molecular weight excluding hydrogens is 454 g/mol. The standard InChI is InChI=1S/C28H33N5O3/c1-4-5-14-36-27(35)16-26(34)31-21-8-6-9-22-23-10-7-11-24(28(23)32-25(22)15-21)29-13-12-20-17-30-33(18-20)19(2)3/h6-11,15,17-19,29H,4-5,12-14,16H2,1-3H3,(H,31,34). The van der Waals surface area contributed by atoms with Gasteiger partial charge in [-0.15, -0.1) is 0 Å². The van der Waals surface area contributed by atoms with Gasteiger partial charge in [0, 0.05) is 35.4 Å². The van der Waals surface area contributed by atoms with E-state index in [4.69, 9.17) is 9.72 Å². The normalized spacial score (nSPS) is 11.2. The fourth-order valence-electron chi connectivity index (χ4n) is 4.00. The fraction of sp³-hybridized carbons (Fsp3) is 0.357. The van der Waals surface area contributed by atoms with Crippen molar-refractivity contribution in [3.8, 4) is 11.3 Å². The first-order chi connectivity index (χ1) is 17.4. The lowest BCUT2D eigenvalue weighted by Crippen LogP contribution is -2.18. The van der Waals surface area contributed by atoms with Crippen molar-refractivity contribution in [2.75, 3.05) is 23.8 Å². The lowest BCUT2D eigenvalue weighted by atomic mass is 10.1. The predicted molar refractivity (Wildman–Crippen MR) is 142 cm³/mol. The minimum absolute atomic E-state index is 0.313. The largest absolute Gasteiger partial charge is 0.465 e. The lowest BCUT2D eigenvalue weighted by molar-refractivity contribution is -0.145. The number of ether oxygens (including phenoxy) is 1. The molecule has 4 rings (SSSR count). The van der Waals surface area contributed by atoms with Crippen LogP contribution in [-0.2, 0) is 20.7 Å². The number of rotatable bonds is 11. The zero-order chi connectivity index (χ0) is 25.5. The molecule has 8 heteroatoms. The third-order valence-electron chi connectivity index (χ3n) is 5.93. The maximum absolute atomic E-state index is 12.3. The van der Waals surface area contributed by atoms with Gasteiger partial charge in [-0.25, -0.2) is 4.98 Å². The molecule has 0 atom stereocenters. The third kappa shape index (κ3) is 6.19. The van der Waals surface area contributed by atoms with E-state index in [9.17, 15) is 9.59 Å². The third-order valence-corrected chi connectivity index (χ3v) is 5.93. The maximum atomic E-state index is 12.3. The minimum atomic E-state index is -0.518. The lowest BCUT2D eigenvalue weighted by Gasteiger charge is -2.06. The highest BCUT2D eigenvalue weighted by molar-refractivity contribution is 6.05. The van der Waals surface area contributed by atoms with Gasteiger partial charge < -0.3 is 15.4 Å². The summed E-state index contributed by atoms with van der Waals surface area (Å²) in [6.07, 6.45) is 6.26. The number of benzene rings is 1. The summed E-state index contributed by atoms with van der Waals surface area (Å²) in [6.45, 7) is 7.34. The average molecular weight is 488 g/mol. The number of carbonyl (C=O) groups excluding carboxylic acids is 2. The number of nitrogens with zero attached hydrogens (tertiary/aromatic N) is 3. The van der Waals surface area contributed by atoms with Crippen LogP contribution in [0.25, 0.3) is 22.2 Å². The zero-order valence-electron chi connectivity index (χ0n) is 21.1. The van der Waals surface area contributed by atoms with E-state index in [-0.39, 0.29) is 6.42 Å². The number of hydrogen-bond donors (Lipinski definition) is 2. The van der Waals surface area contributed by atoms with Crippen LogP contribution in [0, 0.1) is 0 Å². The van der Waals surface area contributed by atoms with E-state index < -0.39 is 11.9 Å². The van der Waals surface area contributed by atoms with Crippen LogP contribution in [0.5, 0.6) is 0 Å². The van der Waals surface area contributed by atoms with Crippen molar-refractivity contribution in [1.29, 1.82) is 0 Å². The molecule has 2 heterocycles. The molecule has 2 N–H and O–H groups in total. The Morgan fingerprint density at radius 3 is 2.75 bits per heavy atom. The van der Waals surface area contributed by atoms with Crippen LogP contribution in [0.2, 0.25) is 0 Å². The van der Waals surface area contributed by atoms with Crippen molar-refractivity contribution >= 4 is 34.2 Å². The summed E-state index contributed by atoms with van der Waals surface area (Å²) in [5, 5.41) is 11.8. The summed E-state index contributed by atoms with van der Waals surface area (Å²) in [5.74, 6) is -0.925. The maximum Gasteiger partial charge on any atom is 0.315 e. The Morgan fingerprint density at radius 2 is 1.97 bits per heavy atom. The number of unbranched alkanes of at least 4 members (excludes halogenated alkanes) is 1. The molecule has 1 aliphatic carbocycles. The zero-order valence-corrected chi connectivity index (χ0v) is 21.1. The second-order valence-electron chi connectivity index (χ2n) is 9.14. The molecule has 1 amide bonds. The molecule has 1 aromatic heterocycles. The quantitative estimate of drug-likeness (QED) is 0.166. The van der Waals surface area contributed by atoms with Crippen LogP contribution in [0.1, 0.15) is 51.6 Å². The summed E-state index contributed by atoms with van der Waals surface area (Å²) in [6, 6.07) is 13.9. The Balaban J connectivity index is 1.46. The van der Waals surface area contributed by atoms with E-state index in [2.05, 4.69) is 35.8 Å². The van der Waals surface area contributed by atoms with Gasteiger partial charge in [0.2, 0.25) is 5.91 Å². The van der Waals surface area contributed by atoms with E-state index in [1.165, 1.54) is 5.56 Å². The number of amides is 1. The highest BCUT2D eigenvalue weighted by Gasteiger charge is 2.16. The molecule has 0 fully saturated rings. The highest BCUT2D eigenvalue weighted by atomic mass is 16.5. The molecule has 0 spiro atoms. The van der Waals surface area contributed by atoms with Crippen molar-refractivity contribution in [2.45, 2.75) is 52.5 Å². The number of nitrogens with one attached hydrogen (secondary N) is 2. The molecule has 0 bridgehead atoms. The van der Waals surface area contributed by atoms with Crippen LogP contribution < -0.4 is 10.6 Å². The molecule has 36 heavy (non-hydrogen) atoms. The summed E-state index contributed by atoms with van der Waals surface area (Å²) in [4.78, 5) is 29.1. The SMILES string of the molecule is CCCCOC(=O)CC(=O)Nc1cccc2c3cccc(NCCc4cnn(C(C)C)c4)c3nc-2c1. The number of aromatic nitrogens is 3. The second-order valence-corrected chi connectivity index (χ2v) is 9.14. The van der Waals surface area contributed by atoms with E-state index in [1.54, 1.807) is 6.07 Å². The molecule has 188 valence electrons. The molecule has 0 saturated carbocycles. The second kappa shape index (κ2) is 11.7. The number of carbonyl (C=O) groups is 2. The van der Waals surface area contributed by atoms with Crippen LogP contribution >= 0.6 is 0 Å². The Morgan fingerprint density at radius 1 is 1.14 bits per heavy atom. The van der Waals surface area contributed by atoms with E-state index in [0.717, 1.165) is 53.7 Å². The minimum Gasteiger partial charge on any atom is -0.465 e. The first kappa shape index (κ1) is 25.2. The number of anilines is 2. The van der Waals surface area contributed by atoms with Gasteiger partial charge in [0.1, 0.15) is 6.42 Å². The van der Waals surface area contributed by atoms with Crippen LogP contribution in [0.4, 0.5) is 11.4 Å². The first-order valence-corrected chi connectivity index (χ1v) is 12.5. The molecule has 2 aliphatic rings. The molecule has 0 saturated heterocycles. The number of hydrogen-bond acceptors (Lipinski definition) is 6. The van der Waals surface area contributed by atoms with Gasteiger partial charge in [0.25, 0.3) is 0 Å². The number of para-hydroxylation sites is 1. The smallest absolute Gasteiger partial charge is 0.315 e.